The third-order valence-corrected chi connectivity index (χ3v) is 4.40. The second-order valence-electron chi connectivity index (χ2n) is 7.20. The van der Waals surface area contributed by atoms with Crippen LogP contribution < -0.4 is 10.6 Å². The Morgan fingerprint density at radius 2 is 1.48 bits per heavy atom. The molecule has 0 saturated carbocycles. The second kappa shape index (κ2) is 7.84. The summed E-state index contributed by atoms with van der Waals surface area (Å²) in [6, 6.07) is 8.95. The Balaban J connectivity index is 3.09. The smallest absolute Gasteiger partial charge is 0.0525 e. The van der Waals surface area contributed by atoms with Gasteiger partial charge in [0, 0.05) is 19.3 Å². The van der Waals surface area contributed by atoms with E-state index in [1.807, 2.05) is 0 Å². The maximum Gasteiger partial charge on any atom is 0.0525 e. The van der Waals surface area contributed by atoms with Gasteiger partial charge < -0.3 is 10.6 Å². The molecule has 1 aromatic carbocycles. The molecule has 1 rings (SSSR count). The van der Waals surface area contributed by atoms with Gasteiger partial charge in [-0.3, -0.25) is 0 Å². The molecule has 2 N–H and O–H groups in total. The highest BCUT2D eigenvalue weighted by molar-refractivity contribution is 5.49. The van der Waals surface area contributed by atoms with Gasteiger partial charge in [-0.2, -0.15) is 0 Å². The number of likely N-dealkylation sites (N-methyl/N-ethyl adjacent to an activating group) is 1. The molecule has 0 fully saturated rings. The lowest BCUT2D eigenvalue weighted by atomic mass is 9.80. The van der Waals surface area contributed by atoms with Crippen molar-refractivity contribution in [1.29, 1.82) is 0 Å². The second-order valence-corrected chi connectivity index (χ2v) is 7.20. The molecule has 21 heavy (non-hydrogen) atoms. The van der Waals surface area contributed by atoms with Crippen LogP contribution in [0.3, 0.4) is 0 Å². The van der Waals surface area contributed by atoms with E-state index in [-0.39, 0.29) is 5.54 Å². The minimum atomic E-state index is 0.0517. The topological polar surface area (TPSA) is 29.3 Å². The summed E-state index contributed by atoms with van der Waals surface area (Å²) >= 11 is 0. The summed E-state index contributed by atoms with van der Waals surface area (Å²) in [4.78, 5) is 2.42. The van der Waals surface area contributed by atoms with Crippen LogP contribution in [0.2, 0.25) is 0 Å². The molecule has 120 valence electrons. The molecule has 0 atom stereocenters. The van der Waals surface area contributed by atoms with Crippen LogP contribution >= 0.6 is 0 Å². The van der Waals surface area contributed by atoms with E-state index in [2.05, 4.69) is 70.8 Å². The Kier molecular flexibility index (Phi) is 6.73. The summed E-state index contributed by atoms with van der Waals surface area (Å²) in [5.41, 5.74) is 8.97. The first-order chi connectivity index (χ1) is 9.84. The zero-order chi connectivity index (χ0) is 16.0. The maximum absolute atomic E-state index is 6.26. The zero-order valence-corrected chi connectivity index (χ0v) is 14.8. The highest BCUT2D eigenvalue weighted by atomic mass is 15.2. The lowest BCUT2D eigenvalue weighted by Crippen LogP contribution is -2.54. The van der Waals surface area contributed by atoms with E-state index >= 15 is 0 Å². The Hall–Kier alpha value is -1.02. The molecule has 0 bridgehead atoms. The predicted octanol–water partition coefficient (Wildman–Crippen LogP) is 4.47. The van der Waals surface area contributed by atoms with Crippen molar-refractivity contribution in [2.24, 2.45) is 17.6 Å². The van der Waals surface area contributed by atoms with Crippen molar-refractivity contribution in [3.8, 4) is 0 Å². The fraction of sp³-hybridized carbons (Fsp3) is 0.684. The molecular formula is C19H34N2. The molecule has 0 aliphatic rings. The van der Waals surface area contributed by atoms with Crippen molar-refractivity contribution in [2.75, 3.05) is 18.5 Å². The molecular weight excluding hydrogens is 256 g/mol. The first-order valence-electron chi connectivity index (χ1n) is 8.37. The number of hydrogen-bond donors (Lipinski definition) is 1. The SMILES string of the molecule is CCc1ccc(N(C)C(CN)(CC(C)C)CC(C)C)cc1. The molecule has 2 heteroatoms. The van der Waals surface area contributed by atoms with Crippen LogP contribution in [0, 0.1) is 11.8 Å². The average Bonchev–Trinajstić information content (AvgIpc) is 2.44. The van der Waals surface area contributed by atoms with Gasteiger partial charge >= 0.3 is 0 Å². The van der Waals surface area contributed by atoms with Gasteiger partial charge in [0.15, 0.2) is 0 Å². The van der Waals surface area contributed by atoms with Crippen molar-refractivity contribution < 1.29 is 0 Å². The largest absolute Gasteiger partial charge is 0.368 e. The Bertz CT molecular complexity index is 396. The van der Waals surface area contributed by atoms with Crippen molar-refractivity contribution in [2.45, 2.75) is 59.4 Å². The Morgan fingerprint density at radius 1 is 1.00 bits per heavy atom. The summed E-state index contributed by atoms with van der Waals surface area (Å²) in [6.45, 7) is 12.1. The monoisotopic (exact) mass is 290 g/mol. The van der Waals surface area contributed by atoms with Crippen molar-refractivity contribution in [1.82, 2.24) is 0 Å². The standard InChI is InChI=1S/C19H34N2/c1-7-17-8-10-18(11-9-17)21(6)19(14-20,12-15(2)3)13-16(4)5/h8-11,15-16H,7,12-14,20H2,1-6H3. The van der Waals surface area contributed by atoms with Crippen LogP contribution in [0.15, 0.2) is 24.3 Å². The van der Waals surface area contributed by atoms with Gasteiger partial charge in [0.2, 0.25) is 0 Å². The van der Waals surface area contributed by atoms with E-state index in [0.717, 1.165) is 19.3 Å². The maximum atomic E-state index is 6.26. The first-order valence-corrected chi connectivity index (χ1v) is 8.37. The molecule has 0 unspecified atom stereocenters. The lowest BCUT2D eigenvalue weighted by molar-refractivity contribution is 0.280. The lowest BCUT2D eigenvalue weighted by Gasteiger charge is -2.45. The highest BCUT2D eigenvalue weighted by Crippen LogP contribution is 2.33. The Labute approximate surface area is 131 Å². The number of nitrogens with two attached hydrogens (primary N) is 1. The molecule has 0 saturated heterocycles. The third kappa shape index (κ3) is 4.74. The minimum Gasteiger partial charge on any atom is -0.368 e. The summed E-state index contributed by atoms with van der Waals surface area (Å²) in [7, 11) is 2.21. The Morgan fingerprint density at radius 3 is 1.81 bits per heavy atom. The fourth-order valence-corrected chi connectivity index (χ4v) is 3.41. The summed E-state index contributed by atoms with van der Waals surface area (Å²) in [5.74, 6) is 1.29. The van der Waals surface area contributed by atoms with E-state index in [9.17, 15) is 0 Å². The molecule has 0 heterocycles. The molecule has 0 radical (unpaired) electrons. The summed E-state index contributed by atoms with van der Waals surface area (Å²) < 4.78 is 0. The predicted molar refractivity (Wildman–Crippen MR) is 94.9 cm³/mol. The van der Waals surface area contributed by atoms with Crippen LogP contribution in [0.25, 0.3) is 0 Å². The number of benzene rings is 1. The van der Waals surface area contributed by atoms with E-state index in [1.165, 1.54) is 11.3 Å². The third-order valence-electron chi connectivity index (χ3n) is 4.40. The van der Waals surface area contributed by atoms with E-state index < -0.39 is 0 Å². The van der Waals surface area contributed by atoms with Gasteiger partial charge in [0.25, 0.3) is 0 Å². The summed E-state index contributed by atoms with van der Waals surface area (Å²) in [5, 5.41) is 0. The van der Waals surface area contributed by atoms with Crippen LogP contribution in [-0.4, -0.2) is 19.1 Å². The van der Waals surface area contributed by atoms with Gasteiger partial charge in [-0.15, -0.1) is 0 Å². The van der Waals surface area contributed by atoms with Crippen molar-refractivity contribution in [3.63, 3.8) is 0 Å². The molecule has 1 aromatic rings. The fourth-order valence-electron chi connectivity index (χ4n) is 3.41. The molecule has 0 spiro atoms. The highest BCUT2D eigenvalue weighted by Gasteiger charge is 2.34. The van der Waals surface area contributed by atoms with Crippen molar-refractivity contribution >= 4 is 5.69 Å². The average molecular weight is 290 g/mol. The minimum absolute atomic E-state index is 0.0517. The molecule has 0 aliphatic heterocycles. The normalized spacial score (nSPS) is 12.2. The quantitative estimate of drug-likeness (QED) is 0.765. The zero-order valence-electron chi connectivity index (χ0n) is 14.8. The van der Waals surface area contributed by atoms with Gasteiger partial charge in [-0.25, -0.2) is 0 Å². The van der Waals surface area contributed by atoms with Gasteiger partial charge in [-0.05, 0) is 48.8 Å². The van der Waals surface area contributed by atoms with E-state index in [1.54, 1.807) is 0 Å². The molecule has 0 amide bonds. The van der Waals surface area contributed by atoms with E-state index in [0.29, 0.717) is 18.4 Å². The van der Waals surface area contributed by atoms with Crippen LogP contribution in [-0.2, 0) is 6.42 Å². The van der Waals surface area contributed by atoms with Gasteiger partial charge in [0.1, 0.15) is 0 Å². The van der Waals surface area contributed by atoms with Gasteiger partial charge in [-0.1, -0.05) is 46.8 Å². The number of rotatable bonds is 8. The summed E-state index contributed by atoms with van der Waals surface area (Å²) in [6.07, 6.45) is 3.35. The number of aryl methyl sites for hydroxylation is 1. The number of nitrogens with zero attached hydrogens (tertiary/aromatic N) is 1. The van der Waals surface area contributed by atoms with Gasteiger partial charge in [0.05, 0.1) is 5.54 Å². The van der Waals surface area contributed by atoms with Crippen molar-refractivity contribution in [3.05, 3.63) is 29.8 Å². The van der Waals surface area contributed by atoms with Crippen LogP contribution in [0.4, 0.5) is 5.69 Å². The molecule has 0 aromatic heterocycles. The van der Waals surface area contributed by atoms with Crippen LogP contribution in [0.1, 0.15) is 53.0 Å². The molecule has 2 nitrogen and oxygen atoms in total. The first kappa shape index (κ1) is 18.0. The number of hydrogen-bond acceptors (Lipinski definition) is 2. The van der Waals surface area contributed by atoms with Crippen LogP contribution in [0.5, 0.6) is 0 Å². The molecule has 0 aliphatic carbocycles. The van der Waals surface area contributed by atoms with E-state index in [4.69, 9.17) is 5.73 Å². The number of anilines is 1.